The van der Waals surface area contributed by atoms with Gasteiger partial charge in [-0.1, -0.05) is 116 Å². The van der Waals surface area contributed by atoms with E-state index in [0.717, 1.165) is 12.6 Å². The highest BCUT2D eigenvalue weighted by Gasteiger charge is 2.44. The maximum atomic E-state index is 2.47. The SMILES string of the molecule is [Br-].c1ccc(CCCCCc2cccc(CC[P+](c3ccccc3)(c3ccccc3)c3ccccc3)c2)cc1. The largest absolute Gasteiger partial charge is 1.00 e. The van der Waals surface area contributed by atoms with Gasteiger partial charge in [0.15, 0.2) is 0 Å². The average Bonchev–Trinajstić information content (AvgIpc) is 3.00. The van der Waals surface area contributed by atoms with Crippen LogP contribution in [0.2, 0.25) is 0 Å². The Morgan fingerprint density at radius 3 is 1.23 bits per heavy atom. The highest BCUT2D eigenvalue weighted by Crippen LogP contribution is 2.55. The van der Waals surface area contributed by atoms with Crippen LogP contribution in [0.25, 0.3) is 0 Å². The van der Waals surface area contributed by atoms with Crippen LogP contribution < -0.4 is 32.9 Å². The van der Waals surface area contributed by atoms with Gasteiger partial charge >= 0.3 is 0 Å². The molecule has 5 aromatic carbocycles. The van der Waals surface area contributed by atoms with Crippen LogP contribution in [0, 0.1) is 0 Å². The lowest BCUT2D eigenvalue weighted by Crippen LogP contribution is -3.00. The fourth-order valence-corrected chi connectivity index (χ4v) is 9.91. The molecule has 0 bridgehead atoms. The van der Waals surface area contributed by atoms with Crippen molar-refractivity contribution >= 4 is 23.2 Å². The number of benzene rings is 5. The van der Waals surface area contributed by atoms with E-state index in [4.69, 9.17) is 0 Å². The zero-order chi connectivity index (χ0) is 25.9. The summed E-state index contributed by atoms with van der Waals surface area (Å²) < 4.78 is 0. The first-order chi connectivity index (χ1) is 18.8. The van der Waals surface area contributed by atoms with E-state index < -0.39 is 7.26 Å². The quantitative estimate of drug-likeness (QED) is 0.138. The molecule has 0 aromatic heterocycles. The van der Waals surface area contributed by atoms with Crippen LogP contribution in [0.3, 0.4) is 0 Å². The summed E-state index contributed by atoms with van der Waals surface area (Å²) in [5, 5.41) is 4.39. The van der Waals surface area contributed by atoms with Gasteiger partial charge in [-0.2, -0.15) is 0 Å². The Kier molecular flexibility index (Phi) is 11.1. The number of aryl methyl sites for hydroxylation is 3. The minimum Gasteiger partial charge on any atom is -1.00 e. The topological polar surface area (TPSA) is 0 Å². The van der Waals surface area contributed by atoms with Crippen LogP contribution in [-0.2, 0) is 19.3 Å². The summed E-state index contributed by atoms with van der Waals surface area (Å²) >= 11 is 0. The van der Waals surface area contributed by atoms with E-state index >= 15 is 0 Å². The predicted molar refractivity (Wildman–Crippen MR) is 168 cm³/mol. The molecule has 0 N–H and O–H groups in total. The molecular weight excluding hydrogens is 555 g/mol. The number of hydrogen-bond acceptors (Lipinski definition) is 0. The molecule has 0 aliphatic carbocycles. The summed E-state index contributed by atoms with van der Waals surface area (Å²) in [5.41, 5.74) is 4.39. The molecule has 198 valence electrons. The number of rotatable bonds is 12. The van der Waals surface area contributed by atoms with Gasteiger partial charge in [0.1, 0.15) is 23.2 Å². The third kappa shape index (κ3) is 7.57. The van der Waals surface area contributed by atoms with Gasteiger partial charge in [-0.15, -0.1) is 0 Å². The molecule has 0 fully saturated rings. The normalized spacial score (nSPS) is 11.1. The molecular formula is C37H38BrP. The van der Waals surface area contributed by atoms with E-state index in [0.29, 0.717) is 0 Å². The second kappa shape index (κ2) is 15.0. The molecule has 0 saturated heterocycles. The third-order valence-corrected chi connectivity index (χ3v) is 12.0. The number of hydrogen-bond donors (Lipinski definition) is 0. The van der Waals surface area contributed by atoms with Crippen LogP contribution in [0.15, 0.2) is 146 Å². The van der Waals surface area contributed by atoms with Gasteiger partial charge in [-0.05, 0) is 78.8 Å². The Balaban J connectivity index is 0.00000353. The highest BCUT2D eigenvalue weighted by atomic mass is 79.9. The van der Waals surface area contributed by atoms with Gasteiger partial charge in [0.25, 0.3) is 0 Å². The van der Waals surface area contributed by atoms with E-state index in [2.05, 4.69) is 146 Å². The lowest BCUT2D eigenvalue weighted by Gasteiger charge is -2.28. The highest BCUT2D eigenvalue weighted by molar-refractivity contribution is 7.95. The first kappa shape index (κ1) is 29.0. The molecule has 0 radical (unpaired) electrons. The molecule has 0 nitrogen and oxygen atoms in total. The molecule has 0 atom stereocenters. The van der Waals surface area contributed by atoms with Crippen molar-refractivity contribution in [1.29, 1.82) is 0 Å². The van der Waals surface area contributed by atoms with Gasteiger partial charge in [-0.3, -0.25) is 0 Å². The Hall–Kier alpha value is -2.99. The lowest BCUT2D eigenvalue weighted by atomic mass is 10.0. The molecule has 0 heterocycles. The maximum Gasteiger partial charge on any atom is 0.112 e. The second-order valence-corrected chi connectivity index (χ2v) is 13.8. The molecule has 2 heteroatoms. The van der Waals surface area contributed by atoms with Gasteiger partial charge in [0, 0.05) is 6.42 Å². The van der Waals surface area contributed by atoms with E-state index in [-0.39, 0.29) is 17.0 Å². The van der Waals surface area contributed by atoms with E-state index in [1.165, 1.54) is 64.7 Å². The molecule has 5 aromatic rings. The minimum atomic E-state index is -1.79. The van der Waals surface area contributed by atoms with Gasteiger partial charge in [0.05, 0.1) is 6.16 Å². The summed E-state index contributed by atoms with van der Waals surface area (Å²) in [7, 11) is -1.79. The van der Waals surface area contributed by atoms with Crippen molar-refractivity contribution in [2.24, 2.45) is 0 Å². The van der Waals surface area contributed by atoms with E-state index in [1.54, 1.807) is 0 Å². The van der Waals surface area contributed by atoms with Crippen molar-refractivity contribution in [3.05, 3.63) is 162 Å². The van der Waals surface area contributed by atoms with Crippen molar-refractivity contribution in [2.75, 3.05) is 6.16 Å². The van der Waals surface area contributed by atoms with Crippen molar-refractivity contribution in [3.8, 4) is 0 Å². The van der Waals surface area contributed by atoms with Crippen LogP contribution in [0.4, 0.5) is 0 Å². The fraction of sp³-hybridized carbons (Fsp3) is 0.189. The van der Waals surface area contributed by atoms with Gasteiger partial charge in [0.2, 0.25) is 0 Å². The molecule has 5 rings (SSSR count). The molecule has 0 saturated carbocycles. The zero-order valence-corrected chi connectivity index (χ0v) is 25.1. The van der Waals surface area contributed by atoms with Crippen LogP contribution in [0.5, 0.6) is 0 Å². The minimum absolute atomic E-state index is 0. The summed E-state index contributed by atoms with van der Waals surface area (Å²) in [6, 6.07) is 54.0. The first-order valence-electron chi connectivity index (χ1n) is 14.0. The van der Waals surface area contributed by atoms with Gasteiger partial charge in [-0.25, -0.2) is 0 Å². The van der Waals surface area contributed by atoms with Crippen LogP contribution >= 0.6 is 7.26 Å². The average molecular weight is 594 g/mol. The van der Waals surface area contributed by atoms with E-state index in [9.17, 15) is 0 Å². The Labute approximate surface area is 246 Å². The summed E-state index contributed by atoms with van der Waals surface area (Å²) in [6.45, 7) is 0. The van der Waals surface area contributed by atoms with Gasteiger partial charge < -0.3 is 17.0 Å². The third-order valence-electron chi connectivity index (χ3n) is 7.59. The van der Waals surface area contributed by atoms with Crippen LogP contribution in [0.1, 0.15) is 36.0 Å². The fourth-order valence-electron chi connectivity index (χ4n) is 5.60. The number of unbranched alkanes of at least 4 members (excludes halogenated alkanes) is 2. The summed E-state index contributed by atoms with van der Waals surface area (Å²) in [4.78, 5) is 0. The Morgan fingerprint density at radius 2 is 0.744 bits per heavy atom. The van der Waals surface area contributed by atoms with Crippen LogP contribution in [-0.4, -0.2) is 6.16 Å². The zero-order valence-electron chi connectivity index (χ0n) is 22.6. The van der Waals surface area contributed by atoms with E-state index in [1.807, 2.05) is 0 Å². The molecule has 0 aliphatic rings. The molecule has 39 heavy (non-hydrogen) atoms. The Bertz CT molecular complexity index is 1270. The Morgan fingerprint density at radius 1 is 0.359 bits per heavy atom. The first-order valence-corrected chi connectivity index (χ1v) is 16.0. The predicted octanol–water partition coefficient (Wildman–Crippen LogP) is 5.18. The van der Waals surface area contributed by atoms with Crippen molar-refractivity contribution in [2.45, 2.75) is 38.5 Å². The van der Waals surface area contributed by atoms with Crippen molar-refractivity contribution in [3.63, 3.8) is 0 Å². The second-order valence-electron chi connectivity index (χ2n) is 10.2. The summed E-state index contributed by atoms with van der Waals surface area (Å²) in [5.74, 6) is 0. The standard InChI is InChI=1S/C37H38P.BrH/c1-6-17-32(18-7-1)19-8-2-9-20-33-21-16-22-34(31-33)29-30-38(35-23-10-3-11-24-35,36-25-12-4-13-26-36)37-27-14-5-15-28-37;/h1,3-7,10-18,21-28,31H,2,8-9,19-20,29-30H2;1H/q+1;/p-1. The van der Waals surface area contributed by atoms with Crippen molar-refractivity contribution in [1.82, 2.24) is 0 Å². The van der Waals surface area contributed by atoms with Crippen molar-refractivity contribution < 1.29 is 17.0 Å². The number of halogens is 1. The molecule has 0 aliphatic heterocycles. The maximum absolute atomic E-state index is 2.47. The molecule has 0 amide bonds. The molecule has 0 unspecified atom stereocenters. The smallest absolute Gasteiger partial charge is 0.112 e. The monoisotopic (exact) mass is 592 g/mol. The molecule has 0 spiro atoms. The lowest BCUT2D eigenvalue weighted by molar-refractivity contribution is -0.00000746. The summed E-state index contributed by atoms with van der Waals surface area (Å²) in [6.07, 6.45) is 8.36.